The molecule has 0 radical (unpaired) electrons. The predicted molar refractivity (Wildman–Crippen MR) is 228 cm³/mol. The predicted octanol–water partition coefficient (Wildman–Crippen LogP) is 13.1. The van der Waals surface area contributed by atoms with Crippen LogP contribution in [0.1, 0.15) is 0 Å². The second-order valence-corrected chi connectivity index (χ2v) is 14.0. The molecule has 256 valence electrons. The van der Waals surface area contributed by atoms with E-state index in [1.165, 1.54) is 43.4 Å². The first kappa shape index (κ1) is 31.1. The third kappa shape index (κ3) is 5.11. The van der Waals surface area contributed by atoms with Gasteiger partial charge in [-0.15, -0.1) is 0 Å². The molecule has 0 fully saturated rings. The monoisotopic (exact) mass is 700 g/mol. The lowest BCUT2D eigenvalue weighted by atomic mass is 9.91. The van der Waals surface area contributed by atoms with Crippen LogP contribution in [0, 0.1) is 0 Å². The van der Waals surface area contributed by atoms with Gasteiger partial charge in [0.05, 0.1) is 11.0 Å². The van der Waals surface area contributed by atoms with E-state index in [-0.39, 0.29) is 0 Å². The standard InChI is InChI=1S/C51H32N4/c1-3-15-33(16-4-1)35-19-13-20-36(31-35)50-52-49(34-17-5-2-6-18-34)53-51(54-50)44-26-14-25-43-45-32-37(29-30-39(45)38-21-7-8-24-42(38)48(43)44)55-46-27-11-9-22-40(46)41-23-10-12-28-47(41)55/h1-32H. The second kappa shape index (κ2) is 12.6. The maximum atomic E-state index is 5.27. The van der Waals surface area contributed by atoms with Crippen LogP contribution in [0.5, 0.6) is 0 Å². The number of fused-ring (bicyclic) bond motifs is 9. The third-order valence-electron chi connectivity index (χ3n) is 10.8. The lowest BCUT2D eigenvalue weighted by Crippen LogP contribution is -2.01. The van der Waals surface area contributed by atoms with Crippen LogP contribution in [0.4, 0.5) is 0 Å². The molecule has 11 aromatic rings. The Morgan fingerprint density at radius 1 is 0.291 bits per heavy atom. The zero-order valence-corrected chi connectivity index (χ0v) is 29.8. The van der Waals surface area contributed by atoms with Crippen LogP contribution in [0.15, 0.2) is 194 Å². The Balaban J connectivity index is 1.18. The number of para-hydroxylation sites is 2. The van der Waals surface area contributed by atoms with Crippen molar-refractivity contribution in [1.29, 1.82) is 0 Å². The minimum absolute atomic E-state index is 0.636. The van der Waals surface area contributed by atoms with Crippen molar-refractivity contribution in [2.24, 2.45) is 0 Å². The topological polar surface area (TPSA) is 43.6 Å². The molecule has 0 bridgehead atoms. The molecule has 55 heavy (non-hydrogen) atoms. The van der Waals surface area contributed by atoms with Gasteiger partial charge in [0.25, 0.3) is 0 Å². The fourth-order valence-corrected chi connectivity index (χ4v) is 8.33. The van der Waals surface area contributed by atoms with Gasteiger partial charge in [-0.2, -0.15) is 0 Å². The molecule has 9 aromatic carbocycles. The fourth-order valence-electron chi connectivity index (χ4n) is 8.33. The Labute approximate surface area is 317 Å². The van der Waals surface area contributed by atoms with Gasteiger partial charge in [0, 0.05) is 38.5 Å². The summed E-state index contributed by atoms with van der Waals surface area (Å²) in [6, 6.07) is 68.6. The van der Waals surface area contributed by atoms with E-state index in [0.29, 0.717) is 17.5 Å². The van der Waals surface area contributed by atoms with Gasteiger partial charge in [-0.05, 0) is 68.4 Å². The highest BCUT2D eigenvalue weighted by Gasteiger charge is 2.19. The van der Waals surface area contributed by atoms with Gasteiger partial charge < -0.3 is 4.57 Å². The number of nitrogens with zero attached hydrogens (tertiary/aromatic N) is 4. The van der Waals surface area contributed by atoms with Crippen LogP contribution < -0.4 is 0 Å². The SMILES string of the molecule is c1ccc(-c2cccc(-c3nc(-c4ccccc4)nc(-c4cccc5c6cc(-n7c8ccccc8c8ccccc87)ccc6c6ccccc6c45)n3)c2)cc1. The molecule has 0 saturated heterocycles. The van der Waals surface area contributed by atoms with Crippen LogP contribution in [-0.4, -0.2) is 19.5 Å². The van der Waals surface area contributed by atoms with Gasteiger partial charge in [0.1, 0.15) is 0 Å². The van der Waals surface area contributed by atoms with Crippen molar-refractivity contribution in [1.82, 2.24) is 19.5 Å². The first-order valence-corrected chi connectivity index (χ1v) is 18.6. The molecule has 4 nitrogen and oxygen atoms in total. The normalized spacial score (nSPS) is 11.6. The van der Waals surface area contributed by atoms with E-state index in [1.54, 1.807) is 0 Å². The summed E-state index contributed by atoms with van der Waals surface area (Å²) in [6.45, 7) is 0. The second-order valence-electron chi connectivity index (χ2n) is 14.0. The Kier molecular flexibility index (Phi) is 7.14. The smallest absolute Gasteiger partial charge is 0.164 e. The molecular weight excluding hydrogens is 669 g/mol. The highest BCUT2D eigenvalue weighted by atomic mass is 15.0. The fraction of sp³-hybridized carbons (Fsp3) is 0. The first-order chi connectivity index (χ1) is 27.3. The van der Waals surface area contributed by atoms with Gasteiger partial charge in [0.15, 0.2) is 17.5 Å². The third-order valence-corrected chi connectivity index (χ3v) is 10.8. The maximum Gasteiger partial charge on any atom is 0.164 e. The molecule has 0 unspecified atom stereocenters. The highest BCUT2D eigenvalue weighted by molar-refractivity contribution is 6.28. The summed E-state index contributed by atoms with van der Waals surface area (Å²) < 4.78 is 2.39. The van der Waals surface area contributed by atoms with Gasteiger partial charge in [0.2, 0.25) is 0 Å². The summed E-state index contributed by atoms with van der Waals surface area (Å²) in [5.41, 5.74) is 8.62. The zero-order chi connectivity index (χ0) is 36.3. The summed E-state index contributed by atoms with van der Waals surface area (Å²) in [5, 5.41) is 9.53. The number of rotatable bonds is 5. The van der Waals surface area contributed by atoms with E-state index >= 15 is 0 Å². The van der Waals surface area contributed by atoms with Crippen molar-refractivity contribution < 1.29 is 0 Å². The highest BCUT2D eigenvalue weighted by Crippen LogP contribution is 2.42. The number of benzene rings is 9. The van der Waals surface area contributed by atoms with Crippen molar-refractivity contribution >= 4 is 54.1 Å². The molecule has 2 aromatic heterocycles. The molecule has 0 saturated carbocycles. The average molecular weight is 701 g/mol. The Hall–Kier alpha value is -7.43. The molecule has 0 aliphatic heterocycles. The average Bonchev–Trinajstić information content (AvgIpc) is 3.61. The van der Waals surface area contributed by atoms with Gasteiger partial charge >= 0.3 is 0 Å². The van der Waals surface area contributed by atoms with Gasteiger partial charge in [-0.1, -0.05) is 164 Å². The van der Waals surface area contributed by atoms with E-state index in [4.69, 9.17) is 15.0 Å². The van der Waals surface area contributed by atoms with Crippen molar-refractivity contribution in [3.8, 4) is 51.0 Å². The molecule has 0 N–H and O–H groups in total. The summed E-state index contributed by atoms with van der Waals surface area (Å²) in [4.78, 5) is 15.6. The van der Waals surface area contributed by atoms with Crippen LogP contribution >= 0.6 is 0 Å². The van der Waals surface area contributed by atoms with Crippen LogP contribution in [0.3, 0.4) is 0 Å². The molecule has 11 rings (SSSR count). The maximum absolute atomic E-state index is 5.27. The molecule has 0 aliphatic carbocycles. The van der Waals surface area contributed by atoms with Crippen LogP contribution in [0.2, 0.25) is 0 Å². The van der Waals surface area contributed by atoms with Gasteiger partial charge in [-0.25, -0.2) is 15.0 Å². The molecular formula is C51H32N4. The van der Waals surface area contributed by atoms with Crippen molar-refractivity contribution in [2.75, 3.05) is 0 Å². The minimum Gasteiger partial charge on any atom is -0.309 e. The summed E-state index contributed by atoms with van der Waals surface area (Å²) in [5.74, 6) is 1.92. The zero-order valence-electron chi connectivity index (χ0n) is 29.8. The van der Waals surface area contributed by atoms with E-state index in [2.05, 4.69) is 174 Å². The summed E-state index contributed by atoms with van der Waals surface area (Å²) >= 11 is 0. The van der Waals surface area contributed by atoms with Crippen LogP contribution in [-0.2, 0) is 0 Å². The van der Waals surface area contributed by atoms with E-state index < -0.39 is 0 Å². The first-order valence-electron chi connectivity index (χ1n) is 18.6. The Bertz CT molecular complexity index is 3200. The largest absolute Gasteiger partial charge is 0.309 e. The lowest BCUT2D eigenvalue weighted by molar-refractivity contribution is 1.08. The molecule has 0 spiro atoms. The number of aromatic nitrogens is 4. The number of hydrogen-bond acceptors (Lipinski definition) is 3. The molecule has 0 aliphatic rings. The molecule has 0 atom stereocenters. The van der Waals surface area contributed by atoms with Crippen LogP contribution in [0.25, 0.3) is 105 Å². The number of hydrogen-bond donors (Lipinski definition) is 0. The molecule has 0 amide bonds. The summed E-state index contributed by atoms with van der Waals surface area (Å²) in [7, 11) is 0. The van der Waals surface area contributed by atoms with E-state index in [9.17, 15) is 0 Å². The minimum atomic E-state index is 0.636. The molecule has 4 heteroatoms. The van der Waals surface area contributed by atoms with E-state index in [0.717, 1.165) is 44.3 Å². The van der Waals surface area contributed by atoms with Crippen molar-refractivity contribution in [2.45, 2.75) is 0 Å². The van der Waals surface area contributed by atoms with E-state index in [1.807, 2.05) is 24.3 Å². The molecule has 2 heterocycles. The lowest BCUT2D eigenvalue weighted by Gasteiger charge is -2.16. The quantitative estimate of drug-likeness (QED) is 0.168. The summed E-state index contributed by atoms with van der Waals surface area (Å²) in [6.07, 6.45) is 0. The Morgan fingerprint density at radius 3 is 1.51 bits per heavy atom. The van der Waals surface area contributed by atoms with Crippen molar-refractivity contribution in [3.05, 3.63) is 194 Å². The van der Waals surface area contributed by atoms with Crippen molar-refractivity contribution in [3.63, 3.8) is 0 Å². The Morgan fingerprint density at radius 2 is 0.782 bits per heavy atom. The van der Waals surface area contributed by atoms with Gasteiger partial charge in [-0.3, -0.25) is 0 Å².